The summed E-state index contributed by atoms with van der Waals surface area (Å²) in [5, 5.41) is 14.8. The Balaban J connectivity index is 1.59. The first-order valence-electron chi connectivity index (χ1n) is 9.31. The highest BCUT2D eigenvalue weighted by atomic mass is 79.9. The highest BCUT2D eigenvalue weighted by Gasteiger charge is 2.24. The molecule has 2 atom stereocenters. The van der Waals surface area contributed by atoms with E-state index in [0.29, 0.717) is 4.61 Å². The van der Waals surface area contributed by atoms with Gasteiger partial charge >= 0.3 is 6.09 Å². The number of carbonyl (C=O) groups excluding carboxylic acids is 2. The number of rotatable bonds is 8. The zero-order valence-electron chi connectivity index (χ0n) is 16.0. The Morgan fingerprint density at radius 1 is 1.13 bits per heavy atom. The number of phenolic OH excluding ortho intramolecular Hbond substituents is 1. The van der Waals surface area contributed by atoms with Crippen LogP contribution in [-0.4, -0.2) is 35.8 Å². The average Bonchev–Trinajstić information content (AvgIpc) is 3.17. The van der Waals surface area contributed by atoms with Crippen LogP contribution < -0.4 is 16.1 Å². The van der Waals surface area contributed by atoms with Gasteiger partial charge < -0.3 is 20.5 Å². The van der Waals surface area contributed by atoms with Crippen LogP contribution in [0.15, 0.2) is 65.3 Å². The molecule has 9 heteroatoms. The van der Waals surface area contributed by atoms with Gasteiger partial charge in [0.05, 0.1) is 6.54 Å². The molecule has 0 aromatic heterocycles. The Hall–Kier alpha value is -3.04. The number of amides is 2. The van der Waals surface area contributed by atoms with E-state index in [-0.39, 0.29) is 37.3 Å². The lowest BCUT2D eigenvalue weighted by atomic mass is 10.1. The average molecular weight is 476 g/mol. The molecule has 2 amide bonds. The standard InChI is InChI=1S/C21H22BrN3O5/c22-19-11-17(30-25-19)12-23-20(27)18(10-14-6-8-16(26)9-7-14)24-21(28)29-13-15-4-2-1-3-5-15/h1-9,11,17-18,25-26H,10,12-13H2,(H,23,27)(H,24,28)/t17?,18-/m0/s1. The number of aromatic hydroxyl groups is 1. The van der Waals surface area contributed by atoms with Crippen molar-refractivity contribution < 1.29 is 24.3 Å². The van der Waals surface area contributed by atoms with E-state index in [1.165, 1.54) is 12.1 Å². The van der Waals surface area contributed by atoms with Gasteiger partial charge in [-0.1, -0.05) is 42.5 Å². The summed E-state index contributed by atoms with van der Waals surface area (Å²) < 4.78 is 5.92. The molecular formula is C21H22BrN3O5. The highest BCUT2D eigenvalue weighted by molar-refractivity contribution is 9.11. The van der Waals surface area contributed by atoms with E-state index in [1.807, 2.05) is 30.3 Å². The summed E-state index contributed by atoms with van der Waals surface area (Å²) in [5.74, 6) is -0.252. The zero-order valence-corrected chi connectivity index (χ0v) is 17.6. The van der Waals surface area contributed by atoms with E-state index in [1.54, 1.807) is 18.2 Å². The smallest absolute Gasteiger partial charge is 0.408 e. The van der Waals surface area contributed by atoms with Crippen molar-refractivity contribution in [2.24, 2.45) is 0 Å². The molecule has 0 aliphatic carbocycles. The molecule has 1 aliphatic heterocycles. The molecule has 0 saturated carbocycles. The molecule has 3 rings (SSSR count). The number of hydrogen-bond donors (Lipinski definition) is 4. The number of hydrogen-bond acceptors (Lipinski definition) is 6. The minimum absolute atomic E-state index is 0.0978. The van der Waals surface area contributed by atoms with Crippen LogP contribution >= 0.6 is 15.9 Å². The largest absolute Gasteiger partial charge is 0.508 e. The summed E-state index contributed by atoms with van der Waals surface area (Å²) in [4.78, 5) is 30.3. The predicted molar refractivity (Wildman–Crippen MR) is 113 cm³/mol. The van der Waals surface area contributed by atoms with E-state index in [9.17, 15) is 14.7 Å². The molecule has 0 saturated heterocycles. The second-order valence-electron chi connectivity index (χ2n) is 6.65. The molecule has 0 radical (unpaired) electrons. The van der Waals surface area contributed by atoms with Crippen molar-refractivity contribution in [1.29, 1.82) is 0 Å². The lowest BCUT2D eigenvalue weighted by Crippen LogP contribution is -2.49. The molecule has 4 N–H and O–H groups in total. The fourth-order valence-corrected chi connectivity index (χ4v) is 3.16. The first kappa shape index (κ1) is 21.7. The number of alkyl carbamates (subject to hydrolysis) is 1. The van der Waals surface area contributed by atoms with Crippen molar-refractivity contribution in [3.63, 3.8) is 0 Å². The Kier molecular flexibility index (Phi) is 7.69. The van der Waals surface area contributed by atoms with Gasteiger partial charge in [-0.2, -0.15) is 0 Å². The van der Waals surface area contributed by atoms with Gasteiger partial charge in [-0.05, 0) is 45.3 Å². The zero-order chi connectivity index (χ0) is 21.3. The summed E-state index contributed by atoms with van der Waals surface area (Å²) in [6.45, 7) is 0.328. The van der Waals surface area contributed by atoms with E-state index in [2.05, 4.69) is 32.0 Å². The summed E-state index contributed by atoms with van der Waals surface area (Å²) in [6, 6.07) is 14.8. The maximum Gasteiger partial charge on any atom is 0.408 e. The molecule has 0 bridgehead atoms. The first-order valence-corrected chi connectivity index (χ1v) is 10.1. The van der Waals surface area contributed by atoms with Gasteiger partial charge in [-0.3, -0.25) is 15.1 Å². The van der Waals surface area contributed by atoms with Crippen molar-refractivity contribution in [3.8, 4) is 5.75 Å². The molecule has 1 unspecified atom stereocenters. The molecule has 2 aromatic carbocycles. The molecule has 158 valence electrons. The molecule has 8 nitrogen and oxygen atoms in total. The van der Waals surface area contributed by atoms with Crippen LogP contribution in [0.25, 0.3) is 0 Å². The maximum atomic E-state index is 12.7. The fraction of sp³-hybridized carbons (Fsp3) is 0.238. The summed E-state index contributed by atoms with van der Waals surface area (Å²) in [5.41, 5.74) is 4.26. The third kappa shape index (κ3) is 6.78. The normalized spacial score (nSPS) is 16.2. The Morgan fingerprint density at radius 3 is 2.53 bits per heavy atom. The Labute approximate surface area is 182 Å². The van der Waals surface area contributed by atoms with Crippen molar-refractivity contribution in [2.75, 3.05) is 6.54 Å². The lowest BCUT2D eigenvalue weighted by molar-refractivity contribution is -0.123. The van der Waals surface area contributed by atoms with Crippen LogP contribution in [0.4, 0.5) is 4.79 Å². The number of nitrogens with one attached hydrogen (secondary N) is 3. The highest BCUT2D eigenvalue weighted by Crippen LogP contribution is 2.13. The second-order valence-corrected chi connectivity index (χ2v) is 7.50. The predicted octanol–water partition coefficient (Wildman–Crippen LogP) is 2.49. The summed E-state index contributed by atoms with van der Waals surface area (Å²) >= 11 is 3.25. The summed E-state index contributed by atoms with van der Waals surface area (Å²) in [7, 11) is 0. The fourth-order valence-electron chi connectivity index (χ4n) is 2.77. The van der Waals surface area contributed by atoms with E-state index < -0.39 is 12.1 Å². The van der Waals surface area contributed by atoms with Gasteiger partial charge in [0.2, 0.25) is 5.91 Å². The van der Waals surface area contributed by atoms with Gasteiger partial charge in [0, 0.05) is 6.42 Å². The molecule has 2 aromatic rings. The van der Waals surface area contributed by atoms with E-state index in [0.717, 1.165) is 11.1 Å². The minimum Gasteiger partial charge on any atom is -0.508 e. The van der Waals surface area contributed by atoms with Gasteiger partial charge in [-0.15, -0.1) is 0 Å². The Bertz CT molecular complexity index is 889. The number of halogens is 1. The maximum absolute atomic E-state index is 12.7. The molecule has 30 heavy (non-hydrogen) atoms. The number of carbonyl (C=O) groups is 2. The van der Waals surface area contributed by atoms with E-state index >= 15 is 0 Å². The lowest BCUT2D eigenvalue weighted by Gasteiger charge is -2.19. The Morgan fingerprint density at radius 2 is 1.87 bits per heavy atom. The van der Waals surface area contributed by atoms with Crippen LogP contribution in [0.5, 0.6) is 5.75 Å². The summed E-state index contributed by atoms with van der Waals surface area (Å²) in [6.07, 6.45) is 0.981. The molecule has 1 heterocycles. The molecule has 0 fully saturated rings. The van der Waals surface area contributed by atoms with Gasteiger partial charge in [0.1, 0.15) is 29.1 Å². The number of hydroxylamine groups is 1. The number of phenols is 1. The first-order chi connectivity index (χ1) is 14.5. The third-order valence-corrected chi connectivity index (χ3v) is 4.74. The van der Waals surface area contributed by atoms with Gasteiger partial charge in [0.25, 0.3) is 0 Å². The van der Waals surface area contributed by atoms with Gasteiger partial charge in [0.15, 0.2) is 0 Å². The second kappa shape index (κ2) is 10.7. The van der Waals surface area contributed by atoms with Crippen LogP contribution in [0.3, 0.4) is 0 Å². The molecule has 1 aliphatic rings. The minimum atomic E-state index is -0.861. The monoisotopic (exact) mass is 475 g/mol. The number of benzene rings is 2. The van der Waals surface area contributed by atoms with Crippen molar-refractivity contribution >= 4 is 27.9 Å². The molecule has 0 spiro atoms. The molecular weight excluding hydrogens is 454 g/mol. The van der Waals surface area contributed by atoms with Crippen molar-refractivity contribution in [1.82, 2.24) is 16.1 Å². The van der Waals surface area contributed by atoms with Crippen LogP contribution in [0, 0.1) is 0 Å². The van der Waals surface area contributed by atoms with Crippen LogP contribution in [0.1, 0.15) is 11.1 Å². The third-order valence-electron chi connectivity index (χ3n) is 4.31. The topological polar surface area (TPSA) is 109 Å². The quantitative estimate of drug-likeness (QED) is 0.436. The van der Waals surface area contributed by atoms with Gasteiger partial charge in [-0.25, -0.2) is 4.79 Å². The van der Waals surface area contributed by atoms with Crippen molar-refractivity contribution in [3.05, 3.63) is 76.4 Å². The van der Waals surface area contributed by atoms with Crippen molar-refractivity contribution in [2.45, 2.75) is 25.2 Å². The SMILES string of the molecule is O=C(N[C@@H](Cc1ccc(O)cc1)C(=O)NCC1C=C(Br)NO1)OCc1ccccc1. The van der Waals surface area contributed by atoms with Crippen LogP contribution in [-0.2, 0) is 27.4 Å². The van der Waals surface area contributed by atoms with Crippen LogP contribution in [0.2, 0.25) is 0 Å². The van der Waals surface area contributed by atoms with E-state index in [4.69, 9.17) is 9.57 Å². The number of ether oxygens (including phenoxy) is 1.